The number of hydrogen-bond donors (Lipinski definition) is 0. The molecule has 0 aromatic heterocycles. The smallest absolute Gasteiger partial charge is 0.254 e. The summed E-state index contributed by atoms with van der Waals surface area (Å²) in [6, 6.07) is 7.53. The SMILES string of the molecule is [C-]#[N+]C(C)COc1ccccc1Br. The fourth-order valence-corrected chi connectivity index (χ4v) is 1.21. The van der Waals surface area contributed by atoms with Gasteiger partial charge in [0.1, 0.15) is 5.75 Å². The van der Waals surface area contributed by atoms with Crippen LogP contribution in [0.3, 0.4) is 0 Å². The average Bonchev–Trinajstić information content (AvgIpc) is 2.16. The van der Waals surface area contributed by atoms with Crippen molar-refractivity contribution in [3.63, 3.8) is 0 Å². The van der Waals surface area contributed by atoms with E-state index in [1.54, 1.807) is 0 Å². The normalized spacial score (nSPS) is 11.8. The van der Waals surface area contributed by atoms with Gasteiger partial charge in [0.15, 0.2) is 6.61 Å². The van der Waals surface area contributed by atoms with Crippen molar-refractivity contribution in [2.75, 3.05) is 6.61 Å². The molecule has 2 nitrogen and oxygen atoms in total. The lowest BCUT2D eigenvalue weighted by atomic mass is 10.3. The summed E-state index contributed by atoms with van der Waals surface area (Å²) < 4.78 is 6.35. The van der Waals surface area contributed by atoms with Crippen molar-refractivity contribution in [1.82, 2.24) is 0 Å². The van der Waals surface area contributed by atoms with Crippen LogP contribution in [0.4, 0.5) is 0 Å². The molecule has 3 heteroatoms. The van der Waals surface area contributed by atoms with Crippen molar-refractivity contribution >= 4 is 15.9 Å². The van der Waals surface area contributed by atoms with Gasteiger partial charge in [-0.15, -0.1) is 0 Å². The molecule has 0 aliphatic rings. The van der Waals surface area contributed by atoms with Crippen molar-refractivity contribution < 1.29 is 4.74 Å². The molecule has 0 spiro atoms. The van der Waals surface area contributed by atoms with Crippen molar-refractivity contribution in [3.05, 3.63) is 40.2 Å². The number of para-hydroxylation sites is 1. The summed E-state index contributed by atoms with van der Waals surface area (Å²) in [5.41, 5.74) is 0. The van der Waals surface area contributed by atoms with Gasteiger partial charge in [0.25, 0.3) is 6.04 Å². The molecule has 1 rings (SSSR count). The van der Waals surface area contributed by atoms with E-state index in [-0.39, 0.29) is 6.04 Å². The number of nitrogens with zero attached hydrogens (tertiary/aromatic N) is 1. The van der Waals surface area contributed by atoms with Crippen molar-refractivity contribution in [1.29, 1.82) is 0 Å². The second-order valence-corrected chi connectivity index (χ2v) is 3.57. The standard InChI is InChI=1S/C10H10BrNO/c1-8(12-2)7-13-10-6-4-3-5-9(10)11/h3-6,8H,7H2,1H3. The Bertz CT molecular complexity index is 319. The van der Waals surface area contributed by atoms with Crippen LogP contribution in [0.5, 0.6) is 5.75 Å². The minimum Gasteiger partial charge on any atom is -0.484 e. The van der Waals surface area contributed by atoms with Gasteiger partial charge in [-0.1, -0.05) is 12.1 Å². The van der Waals surface area contributed by atoms with E-state index in [4.69, 9.17) is 11.3 Å². The Morgan fingerprint density at radius 2 is 2.23 bits per heavy atom. The predicted molar refractivity (Wildman–Crippen MR) is 55.7 cm³/mol. The first-order valence-corrected chi connectivity index (χ1v) is 4.77. The number of ether oxygens (including phenoxy) is 1. The molecule has 1 unspecified atom stereocenters. The van der Waals surface area contributed by atoms with Gasteiger partial charge in [-0.2, -0.15) is 0 Å². The van der Waals surface area contributed by atoms with E-state index in [0.717, 1.165) is 10.2 Å². The quantitative estimate of drug-likeness (QED) is 0.740. The zero-order valence-electron chi connectivity index (χ0n) is 7.33. The minimum atomic E-state index is -0.0906. The summed E-state index contributed by atoms with van der Waals surface area (Å²) in [7, 11) is 0. The Balaban J connectivity index is 2.56. The fourth-order valence-electron chi connectivity index (χ4n) is 0.809. The molecule has 0 bridgehead atoms. The number of rotatable bonds is 3. The lowest BCUT2D eigenvalue weighted by molar-refractivity contribution is 0.308. The molecule has 1 atom stereocenters. The van der Waals surface area contributed by atoms with Crippen LogP contribution in [0.1, 0.15) is 6.92 Å². The second kappa shape index (κ2) is 4.88. The van der Waals surface area contributed by atoms with E-state index >= 15 is 0 Å². The first-order valence-electron chi connectivity index (χ1n) is 3.98. The van der Waals surface area contributed by atoms with Crippen molar-refractivity contribution in [2.24, 2.45) is 0 Å². The molecule has 0 aliphatic heterocycles. The van der Waals surface area contributed by atoms with Crippen LogP contribution in [0.25, 0.3) is 4.85 Å². The second-order valence-electron chi connectivity index (χ2n) is 2.72. The van der Waals surface area contributed by atoms with E-state index in [2.05, 4.69) is 20.8 Å². The zero-order chi connectivity index (χ0) is 9.68. The van der Waals surface area contributed by atoms with Crippen LogP contribution in [-0.4, -0.2) is 12.6 Å². The lowest BCUT2D eigenvalue weighted by Gasteiger charge is -2.06. The minimum absolute atomic E-state index is 0.0906. The molecule has 0 aliphatic carbocycles. The van der Waals surface area contributed by atoms with Crippen LogP contribution in [0.15, 0.2) is 28.7 Å². The number of hydrogen-bond acceptors (Lipinski definition) is 1. The molecule has 68 valence electrons. The van der Waals surface area contributed by atoms with Crippen LogP contribution < -0.4 is 4.74 Å². The van der Waals surface area contributed by atoms with Crippen LogP contribution in [0, 0.1) is 6.57 Å². The highest BCUT2D eigenvalue weighted by Crippen LogP contribution is 2.23. The van der Waals surface area contributed by atoms with Gasteiger partial charge in [-0.05, 0) is 28.1 Å². The molecule has 0 saturated carbocycles. The molecular formula is C10H10BrNO. The van der Waals surface area contributed by atoms with Gasteiger partial charge in [0.2, 0.25) is 0 Å². The summed E-state index contributed by atoms with van der Waals surface area (Å²) >= 11 is 3.37. The highest BCUT2D eigenvalue weighted by molar-refractivity contribution is 9.10. The summed E-state index contributed by atoms with van der Waals surface area (Å²) in [5, 5.41) is 0. The third-order valence-corrected chi connectivity index (χ3v) is 2.19. The van der Waals surface area contributed by atoms with E-state index in [1.165, 1.54) is 0 Å². The van der Waals surface area contributed by atoms with Gasteiger partial charge < -0.3 is 9.58 Å². The molecule has 0 saturated heterocycles. The maximum Gasteiger partial charge on any atom is 0.254 e. The third kappa shape index (κ3) is 3.08. The van der Waals surface area contributed by atoms with Crippen molar-refractivity contribution in [3.8, 4) is 5.75 Å². The molecule has 13 heavy (non-hydrogen) atoms. The summed E-state index contributed by atoms with van der Waals surface area (Å²) in [5.74, 6) is 0.790. The molecule has 0 N–H and O–H groups in total. The van der Waals surface area contributed by atoms with Gasteiger partial charge >= 0.3 is 0 Å². The maximum atomic E-state index is 6.76. The van der Waals surface area contributed by atoms with Crippen LogP contribution in [-0.2, 0) is 0 Å². The first-order chi connectivity index (χ1) is 6.24. The predicted octanol–water partition coefficient (Wildman–Crippen LogP) is 3.14. The Morgan fingerprint density at radius 1 is 1.54 bits per heavy atom. The monoisotopic (exact) mass is 239 g/mol. The van der Waals surface area contributed by atoms with Gasteiger partial charge in [0, 0.05) is 6.92 Å². The molecule has 0 heterocycles. The van der Waals surface area contributed by atoms with E-state index < -0.39 is 0 Å². The van der Waals surface area contributed by atoms with Gasteiger partial charge in [0.05, 0.1) is 4.47 Å². The fraction of sp³-hybridized carbons (Fsp3) is 0.300. The maximum absolute atomic E-state index is 6.76. The molecule has 0 radical (unpaired) electrons. The molecule has 0 amide bonds. The topological polar surface area (TPSA) is 13.6 Å². The van der Waals surface area contributed by atoms with E-state index in [1.807, 2.05) is 31.2 Å². The summed E-state index contributed by atoms with van der Waals surface area (Å²) in [6.07, 6.45) is 0. The Labute approximate surface area is 86.5 Å². The lowest BCUT2D eigenvalue weighted by Crippen LogP contribution is -2.09. The Morgan fingerprint density at radius 3 is 2.85 bits per heavy atom. The zero-order valence-corrected chi connectivity index (χ0v) is 8.91. The highest BCUT2D eigenvalue weighted by atomic mass is 79.9. The largest absolute Gasteiger partial charge is 0.484 e. The van der Waals surface area contributed by atoms with Crippen molar-refractivity contribution in [2.45, 2.75) is 13.0 Å². The molecular weight excluding hydrogens is 230 g/mol. The number of halogens is 1. The van der Waals surface area contributed by atoms with Crippen LogP contribution in [0.2, 0.25) is 0 Å². The molecule has 1 aromatic rings. The first kappa shape index (κ1) is 10.1. The molecule has 1 aromatic carbocycles. The van der Waals surface area contributed by atoms with Gasteiger partial charge in [-0.3, -0.25) is 0 Å². The van der Waals surface area contributed by atoms with Crippen LogP contribution >= 0.6 is 15.9 Å². The van der Waals surface area contributed by atoms with E-state index in [9.17, 15) is 0 Å². The average molecular weight is 240 g/mol. The highest BCUT2D eigenvalue weighted by Gasteiger charge is 2.06. The Hall–Kier alpha value is -1.01. The summed E-state index contributed by atoms with van der Waals surface area (Å²) in [4.78, 5) is 3.34. The van der Waals surface area contributed by atoms with Gasteiger partial charge in [-0.25, -0.2) is 6.57 Å². The summed E-state index contributed by atoms with van der Waals surface area (Å²) in [6.45, 7) is 9.04. The molecule has 0 fully saturated rings. The van der Waals surface area contributed by atoms with E-state index in [0.29, 0.717) is 6.61 Å². The Kier molecular flexibility index (Phi) is 3.78. The third-order valence-electron chi connectivity index (χ3n) is 1.54. The number of benzene rings is 1.